The second-order valence-electron chi connectivity index (χ2n) is 7.63. The van der Waals surface area contributed by atoms with E-state index in [-0.39, 0.29) is 0 Å². The molecule has 1 aliphatic heterocycles. The quantitative estimate of drug-likeness (QED) is 0.731. The van der Waals surface area contributed by atoms with Crippen LogP contribution in [-0.2, 0) is 6.54 Å². The van der Waals surface area contributed by atoms with E-state index in [1.165, 1.54) is 11.1 Å². The molecule has 28 heavy (non-hydrogen) atoms. The maximum Gasteiger partial charge on any atom is 0.173 e. The molecule has 1 fully saturated rings. The molecular formula is C23H32N3OS+. The Labute approximate surface area is 174 Å². The molecule has 0 amide bonds. The van der Waals surface area contributed by atoms with Crippen molar-refractivity contribution in [1.82, 2.24) is 4.90 Å². The van der Waals surface area contributed by atoms with Crippen molar-refractivity contribution < 1.29 is 9.64 Å². The Morgan fingerprint density at radius 3 is 2.54 bits per heavy atom. The van der Waals surface area contributed by atoms with Gasteiger partial charge in [-0.05, 0) is 54.4 Å². The van der Waals surface area contributed by atoms with Crippen molar-refractivity contribution in [2.24, 2.45) is 0 Å². The smallest absolute Gasteiger partial charge is 0.173 e. The second kappa shape index (κ2) is 9.89. The van der Waals surface area contributed by atoms with Crippen molar-refractivity contribution in [1.29, 1.82) is 0 Å². The minimum absolute atomic E-state index is 0.599. The first-order valence-electron chi connectivity index (χ1n) is 10.2. The average Bonchev–Trinajstić information content (AvgIpc) is 2.74. The van der Waals surface area contributed by atoms with Crippen LogP contribution in [0.1, 0.15) is 37.3 Å². The predicted molar refractivity (Wildman–Crippen MR) is 120 cm³/mol. The molecule has 2 aromatic carbocycles. The van der Waals surface area contributed by atoms with Crippen molar-refractivity contribution in [2.75, 3.05) is 38.6 Å². The van der Waals surface area contributed by atoms with Crippen LogP contribution in [0.15, 0.2) is 48.5 Å². The van der Waals surface area contributed by atoms with Crippen molar-refractivity contribution in [3.8, 4) is 5.75 Å². The van der Waals surface area contributed by atoms with Gasteiger partial charge in [0.1, 0.15) is 12.3 Å². The third kappa shape index (κ3) is 5.46. The van der Waals surface area contributed by atoms with Gasteiger partial charge in [-0.1, -0.05) is 38.1 Å². The van der Waals surface area contributed by atoms with Gasteiger partial charge in [-0.15, -0.1) is 0 Å². The normalized spacial score (nSPS) is 15.9. The van der Waals surface area contributed by atoms with Crippen LogP contribution in [0.25, 0.3) is 0 Å². The predicted octanol–water partition coefficient (Wildman–Crippen LogP) is 3.31. The van der Waals surface area contributed by atoms with Gasteiger partial charge in [-0.3, -0.25) is 0 Å². The molecule has 2 N–H and O–H groups in total. The summed E-state index contributed by atoms with van der Waals surface area (Å²) in [5.41, 5.74) is 3.78. The maximum absolute atomic E-state index is 5.65. The number of hydrogen-bond donors (Lipinski definition) is 2. The molecule has 0 aliphatic carbocycles. The van der Waals surface area contributed by atoms with Gasteiger partial charge >= 0.3 is 0 Å². The molecule has 2 aromatic rings. The van der Waals surface area contributed by atoms with E-state index in [0.29, 0.717) is 5.92 Å². The van der Waals surface area contributed by atoms with Crippen LogP contribution in [0, 0.1) is 0 Å². The van der Waals surface area contributed by atoms with E-state index in [1.807, 2.05) is 6.07 Å². The SMILES string of the molecule is CC[C@H](C)c1ccc(NC(=S)N2CC[NH+](Cc3cccc(OC)c3)CC2)cc1. The number of nitrogens with one attached hydrogen (secondary N) is 2. The van der Waals surface area contributed by atoms with Gasteiger partial charge in [0.25, 0.3) is 0 Å². The summed E-state index contributed by atoms with van der Waals surface area (Å²) in [6.07, 6.45) is 1.16. The highest BCUT2D eigenvalue weighted by molar-refractivity contribution is 7.80. The van der Waals surface area contributed by atoms with Gasteiger partial charge in [-0.25, -0.2) is 0 Å². The monoisotopic (exact) mass is 398 g/mol. The minimum Gasteiger partial charge on any atom is -0.497 e. The van der Waals surface area contributed by atoms with Crippen LogP contribution >= 0.6 is 12.2 Å². The van der Waals surface area contributed by atoms with Crippen LogP contribution in [0.3, 0.4) is 0 Å². The molecule has 1 heterocycles. The van der Waals surface area contributed by atoms with Gasteiger partial charge in [0, 0.05) is 11.3 Å². The first kappa shape index (κ1) is 20.6. The van der Waals surface area contributed by atoms with E-state index in [4.69, 9.17) is 17.0 Å². The summed E-state index contributed by atoms with van der Waals surface area (Å²) in [6, 6.07) is 17.1. The summed E-state index contributed by atoms with van der Waals surface area (Å²) >= 11 is 5.65. The zero-order valence-electron chi connectivity index (χ0n) is 17.2. The third-order valence-electron chi connectivity index (χ3n) is 5.69. The Hall–Kier alpha value is -2.11. The largest absolute Gasteiger partial charge is 0.497 e. The zero-order chi connectivity index (χ0) is 19.9. The molecule has 5 heteroatoms. The van der Waals surface area contributed by atoms with E-state index in [0.717, 1.165) is 55.7 Å². The van der Waals surface area contributed by atoms with Crippen molar-refractivity contribution in [3.63, 3.8) is 0 Å². The van der Waals surface area contributed by atoms with Crippen molar-refractivity contribution in [2.45, 2.75) is 32.7 Å². The minimum atomic E-state index is 0.599. The number of piperazine rings is 1. The highest BCUT2D eigenvalue weighted by Crippen LogP contribution is 2.20. The lowest BCUT2D eigenvalue weighted by molar-refractivity contribution is -0.917. The lowest BCUT2D eigenvalue weighted by Gasteiger charge is -2.34. The van der Waals surface area contributed by atoms with Crippen LogP contribution in [-0.4, -0.2) is 43.3 Å². The Morgan fingerprint density at radius 2 is 1.89 bits per heavy atom. The topological polar surface area (TPSA) is 28.9 Å². The molecule has 1 aliphatic rings. The number of thiocarbonyl (C=S) groups is 1. The second-order valence-corrected chi connectivity index (χ2v) is 8.01. The summed E-state index contributed by atoms with van der Waals surface area (Å²) in [7, 11) is 1.72. The number of hydrogen-bond acceptors (Lipinski definition) is 2. The lowest BCUT2D eigenvalue weighted by Crippen LogP contribution is -3.13. The summed E-state index contributed by atoms with van der Waals surface area (Å²) in [6.45, 7) is 9.66. The Bertz CT molecular complexity index is 770. The van der Waals surface area contributed by atoms with Crippen molar-refractivity contribution >= 4 is 23.0 Å². The van der Waals surface area contributed by atoms with E-state index in [9.17, 15) is 0 Å². The van der Waals surface area contributed by atoms with Gasteiger partial charge in [-0.2, -0.15) is 0 Å². The fraction of sp³-hybridized carbons (Fsp3) is 0.435. The summed E-state index contributed by atoms with van der Waals surface area (Å²) in [5, 5.41) is 4.24. The first-order chi connectivity index (χ1) is 13.6. The zero-order valence-corrected chi connectivity index (χ0v) is 18.0. The van der Waals surface area contributed by atoms with E-state index < -0.39 is 0 Å². The Morgan fingerprint density at radius 1 is 1.18 bits per heavy atom. The molecule has 150 valence electrons. The molecule has 4 nitrogen and oxygen atoms in total. The van der Waals surface area contributed by atoms with E-state index in [2.05, 4.69) is 66.5 Å². The summed E-state index contributed by atoms with van der Waals surface area (Å²) in [4.78, 5) is 3.87. The maximum atomic E-state index is 5.65. The molecular weight excluding hydrogens is 366 g/mol. The number of rotatable bonds is 6. The highest BCUT2D eigenvalue weighted by atomic mass is 32.1. The first-order valence-corrected chi connectivity index (χ1v) is 10.6. The van der Waals surface area contributed by atoms with Gasteiger partial charge < -0.3 is 19.9 Å². The van der Waals surface area contributed by atoms with Crippen LogP contribution < -0.4 is 15.0 Å². The van der Waals surface area contributed by atoms with E-state index >= 15 is 0 Å². The Balaban J connectivity index is 1.48. The fourth-order valence-corrected chi connectivity index (χ4v) is 3.91. The molecule has 3 rings (SSSR count). The molecule has 0 saturated carbocycles. The van der Waals surface area contributed by atoms with Gasteiger partial charge in [0.15, 0.2) is 5.11 Å². The lowest BCUT2D eigenvalue weighted by atomic mass is 9.99. The molecule has 0 radical (unpaired) electrons. The number of nitrogens with zero attached hydrogens (tertiary/aromatic N) is 1. The average molecular weight is 399 g/mol. The fourth-order valence-electron chi connectivity index (χ4n) is 3.61. The molecule has 0 unspecified atom stereocenters. The Kier molecular flexibility index (Phi) is 7.29. The molecule has 1 atom stereocenters. The standard InChI is InChI=1S/C23H31N3OS/c1-4-18(2)20-8-10-21(11-9-20)24-23(28)26-14-12-25(13-15-26)17-19-6-5-7-22(16-19)27-3/h5-11,16,18H,4,12-15,17H2,1-3H3,(H,24,28)/p+1/t18-/m0/s1. The summed E-state index contributed by atoms with van der Waals surface area (Å²) in [5.74, 6) is 1.53. The number of benzene rings is 2. The van der Waals surface area contributed by atoms with E-state index in [1.54, 1.807) is 12.0 Å². The summed E-state index contributed by atoms with van der Waals surface area (Å²) < 4.78 is 5.33. The molecule has 0 aromatic heterocycles. The number of quaternary nitrogens is 1. The third-order valence-corrected chi connectivity index (χ3v) is 6.05. The van der Waals surface area contributed by atoms with Crippen molar-refractivity contribution in [3.05, 3.63) is 59.7 Å². The van der Waals surface area contributed by atoms with Gasteiger partial charge in [0.2, 0.25) is 0 Å². The number of anilines is 1. The molecule has 1 saturated heterocycles. The highest BCUT2D eigenvalue weighted by Gasteiger charge is 2.22. The van der Waals surface area contributed by atoms with Crippen LogP contribution in [0.2, 0.25) is 0 Å². The van der Waals surface area contributed by atoms with Crippen LogP contribution in [0.5, 0.6) is 5.75 Å². The molecule has 0 spiro atoms. The number of ether oxygens (including phenoxy) is 1. The molecule has 0 bridgehead atoms. The van der Waals surface area contributed by atoms with Gasteiger partial charge in [0.05, 0.1) is 33.3 Å². The van der Waals surface area contributed by atoms with Crippen LogP contribution in [0.4, 0.5) is 5.69 Å². The number of methoxy groups -OCH3 is 1.